The van der Waals surface area contributed by atoms with E-state index in [4.69, 9.17) is 5.73 Å². The zero-order valence-electron chi connectivity index (χ0n) is 7.29. The minimum absolute atomic E-state index is 0.374. The maximum atomic E-state index is 11.3. The van der Waals surface area contributed by atoms with Gasteiger partial charge in [-0.3, -0.25) is 4.57 Å². The number of hydrogen-bond acceptors (Lipinski definition) is 2. The molecule has 0 aliphatic carbocycles. The molecule has 0 heterocycles. The monoisotopic (exact) mass is 179 g/mol. The topological polar surface area (TPSA) is 63.3 Å². The zero-order valence-corrected chi connectivity index (χ0v) is 8.18. The van der Waals surface area contributed by atoms with Crippen LogP contribution in [-0.4, -0.2) is 16.8 Å². The van der Waals surface area contributed by atoms with Gasteiger partial charge in [-0.2, -0.15) is 0 Å². The smallest absolute Gasteiger partial charge is 0.216 e. The Hall–Kier alpha value is 0.150. The standard InChI is InChI=1S/C7H18NO2P/c1-3-5-6-11(9,10)7(8)4-2/h7H,3-6,8H2,1-2H3,(H,9,10). The van der Waals surface area contributed by atoms with Crippen LogP contribution in [0.15, 0.2) is 0 Å². The van der Waals surface area contributed by atoms with Gasteiger partial charge < -0.3 is 10.6 Å². The van der Waals surface area contributed by atoms with Crippen LogP contribution in [0.25, 0.3) is 0 Å². The predicted molar refractivity (Wildman–Crippen MR) is 47.9 cm³/mol. The fourth-order valence-electron chi connectivity index (χ4n) is 0.836. The molecule has 0 saturated carbocycles. The summed E-state index contributed by atoms with van der Waals surface area (Å²) < 4.78 is 11.3. The van der Waals surface area contributed by atoms with E-state index >= 15 is 0 Å². The summed E-state index contributed by atoms with van der Waals surface area (Å²) in [6.07, 6.45) is 2.69. The Morgan fingerprint density at radius 3 is 2.45 bits per heavy atom. The number of rotatable bonds is 5. The molecule has 0 radical (unpaired) electrons. The van der Waals surface area contributed by atoms with Crippen LogP contribution >= 0.6 is 7.37 Å². The lowest BCUT2D eigenvalue weighted by Crippen LogP contribution is -2.20. The van der Waals surface area contributed by atoms with Gasteiger partial charge in [0.05, 0.1) is 5.78 Å². The Kier molecular flexibility index (Phi) is 4.98. The van der Waals surface area contributed by atoms with E-state index in [0.29, 0.717) is 12.6 Å². The largest absolute Gasteiger partial charge is 0.343 e. The third-order valence-corrected chi connectivity index (χ3v) is 4.13. The number of nitrogens with two attached hydrogens (primary N) is 1. The molecule has 0 saturated heterocycles. The molecule has 3 N–H and O–H groups in total. The average Bonchev–Trinajstić information content (AvgIpc) is 1.99. The van der Waals surface area contributed by atoms with Gasteiger partial charge in [0, 0.05) is 6.16 Å². The first-order valence-corrected chi connectivity index (χ1v) is 6.03. The summed E-state index contributed by atoms with van der Waals surface area (Å²) >= 11 is 0. The van der Waals surface area contributed by atoms with Gasteiger partial charge in [-0.05, 0) is 12.8 Å². The van der Waals surface area contributed by atoms with Gasteiger partial charge in [0.15, 0.2) is 0 Å². The van der Waals surface area contributed by atoms with Gasteiger partial charge in [-0.25, -0.2) is 0 Å². The van der Waals surface area contributed by atoms with Crippen molar-refractivity contribution in [2.24, 2.45) is 5.73 Å². The van der Waals surface area contributed by atoms with Crippen molar-refractivity contribution in [1.29, 1.82) is 0 Å². The van der Waals surface area contributed by atoms with E-state index < -0.39 is 13.2 Å². The summed E-state index contributed by atoms with van der Waals surface area (Å²) in [5.41, 5.74) is 5.48. The summed E-state index contributed by atoms with van der Waals surface area (Å²) in [6, 6.07) is 0. The van der Waals surface area contributed by atoms with Crippen LogP contribution in [0.4, 0.5) is 0 Å². The van der Waals surface area contributed by atoms with Crippen molar-refractivity contribution in [3.8, 4) is 0 Å². The van der Waals surface area contributed by atoms with Crippen molar-refractivity contribution < 1.29 is 9.46 Å². The molecular weight excluding hydrogens is 161 g/mol. The van der Waals surface area contributed by atoms with Gasteiger partial charge in [0.2, 0.25) is 7.37 Å². The fraction of sp³-hybridized carbons (Fsp3) is 1.00. The highest BCUT2D eigenvalue weighted by Crippen LogP contribution is 2.45. The van der Waals surface area contributed by atoms with Gasteiger partial charge in [-0.1, -0.05) is 20.3 Å². The van der Waals surface area contributed by atoms with Crippen LogP contribution in [0.5, 0.6) is 0 Å². The maximum absolute atomic E-state index is 11.3. The first-order chi connectivity index (χ1) is 5.04. The lowest BCUT2D eigenvalue weighted by molar-refractivity contribution is 0.458. The van der Waals surface area contributed by atoms with Crippen molar-refractivity contribution in [1.82, 2.24) is 0 Å². The predicted octanol–water partition coefficient (Wildman–Crippen LogP) is 1.75. The molecule has 2 unspecified atom stereocenters. The first kappa shape index (κ1) is 11.2. The SMILES string of the molecule is CCCCP(=O)(O)C(N)CC. The van der Waals surface area contributed by atoms with E-state index in [0.717, 1.165) is 12.8 Å². The van der Waals surface area contributed by atoms with E-state index in [1.807, 2.05) is 13.8 Å². The quantitative estimate of drug-likeness (QED) is 0.632. The molecule has 0 rings (SSSR count). The molecule has 0 aromatic rings. The Morgan fingerprint density at radius 1 is 1.55 bits per heavy atom. The minimum atomic E-state index is -3.02. The van der Waals surface area contributed by atoms with Crippen LogP contribution in [0.1, 0.15) is 33.1 Å². The summed E-state index contributed by atoms with van der Waals surface area (Å²) in [5, 5.41) is 0. The Labute approximate surface area is 68.4 Å². The van der Waals surface area contributed by atoms with Crippen molar-refractivity contribution in [2.45, 2.75) is 38.9 Å². The molecule has 68 valence electrons. The molecular formula is C7H18NO2P. The fourth-order valence-corrected chi connectivity index (χ4v) is 2.51. The van der Waals surface area contributed by atoms with Crippen LogP contribution < -0.4 is 5.73 Å². The van der Waals surface area contributed by atoms with Crippen LogP contribution in [-0.2, 0) is 4.57 Å². The lowest BCUT2D eigenvalue weighted by atomic mass is 10.4. The van der Waals surface area contributed by atoms with Crippen molar-refractivity contribution in [2.75, 3.05) is 6.16 Å². The normalized spacial score (nSPS) is 19.3. The first-order valence-electron chi connectivity index (χ1n) is 4.11. The molecule has 0 amide bonds. The van der Waals surface area contributed by atoms with Gasteiger partial charge >= 0.3 is 0 Å². The third kappa shape index (κ3) is 3.90. The highest BCUT2D eigenvalue weighted by molar-refractivity contribution is 7.58. The van der Waals surface area contributed by atoms with Crippen LogP contribution in [0.2, 0.25) is 0 Å². The molecule has 2 atom stereocenters. The van der Waals surface area contributed by atoms with E-state index in [2.05, 4.69) is 0 Å². The summed E-state index contributed by atoms with van der Waals surface area (Å²) in [7, 11) is -3.02. The third-order valence-electron chi connectivity index (χ3n) is 1.77. The highest BCUT2D eigenvalue weighted by Gasteiger charge is 2.24. The van der Waals surface area contributed by atoms with Gasteiger partial charge in [0.25, 0.3) is 0 Å². The van der Waals surface area contributed by atoms with Crippen molar-refractivity contribution >= 4 is 7.37 Å². The Balaban J connectivity index is 3.89. The zero-order chi connectivity index (χ0) is 8.91. The van der Waals surface area contributed by atoms with E-state index in [1.165, 1.54) is 0 Å². The molecule has 0 fully saturated rings. The maximum Gasteiger partial charge on any atom is 0.216 e. The molecule has 11 heavy (non-hydrogen) atoms. The number of unbranched alkanes of at least 4 members (excludes halogenated alkanes) is 1. The minimum Gasteiger partial charge on any atom is -0.343 e. The molecule has 3 nitrogen and oxygen atoms in total. The molecule has 0 spiro atoms. The second kappa shape index (κ2) is 4.91. The van der Waals surface area contributed by atoms with E-state index in [9.17, 15) is 9.46 Å². The molecule has 4 heteroatoms. The highest BCUT2D eigenvalue weighted by atomic mass is 31.2. The van der Waals surface area contributed by atoms with Crippen molar-refractivity contribution in [3.05, 3.63) is 0 Å². The molecule has 0 aliphatic rings. The summed E-state index contributed by atoms with van der Waals surface area (Å²) in [6.45, 7) is 3.83. The number of hydrogen-bond donors (Lipinski definition) is 2. The van der Waals surface area contributed by atoms with Crippen LogP contribution in [0.3, 0.4) is 0 Å². The molecule has 0 aromatic heterocycles. The van der Waals surface area contributed by atoms with Gasteiger partial charge in [0.1, 0.15) is 0 Å². The lowest BCUT2D eigenvalue weighted by Gasteiger charge is -2.16. The van der Waals surface area contributed by atoms with E-state index in [1.54, 1.807) is 0 Å². The van der Waals surface area contributed by atoms with Crippen LogP contribution in [0, 0.1) is 0 Å². The second-order valence-electron chi connectivity index (χ2n) is 2.81. The van der Waals surface area contributed by atoms with Gasteiger partial charge in [-0.15, -0.1) is 0 Å². The summed E-state index contributed by atoms with van der Waals surface area (Å²) in [5.74, 6) is -0.519. The van der Waals surface area contributed by atoms with E-state index in [-0.39, 0.29) is 0 Å². The Morgan fingerprint density at radius 2 is 2.09 bits per heavy atom. The molecule has 0 aromatic carbocycles. The summed E-state index contributed by atoms with van der Waals surface area (Å²) in [4.78, 5) is 9.34. The average molecular weight is 179 g/mol. The second-order valence-corrected chi connectivity index (χ2v) is 5.43. The molecule has 0 aliphatic heterocycles. The van der Waals surface area contributed by atoms with Crippen molar-refractivity contribution in [3.63, 3.8) is 0 Å². The Bertz CT molecular complexity index is 149. The molecule has 0 bridgehead atoms.